The molecule has 0 unspecified atom stereocenters. The summed E-state index contributed by atoms with van der Waals surface area (Å²) < 4.78 is 25.6. The Morgan fingerprint density at radius 2 is 1.97 bits per heavy atom. The van der Waals surface area contributed by atoms with Crippen LogP contribution in [0.4, 0.5) is 4.39 Å². The fraction of sp³-hybridized carbons (Fsp3) is 0.462. The van der Waals surface area contributed by atoms with E-state index in [2.05, 4.69) is 16.7 Å². The van der Waals surface area contributed by atoms with Crippen molar-refractivity contribution in [2.75, 3.05) is 14.2 Å². The number of methoxy groups -OCH3 is 2. The van der Waals surface area contributed by atoms with Crippen LogP contribution >= 0.6 is 0 Å². The van der Waals surface area contributed by atoms with Gasteiger partial charge in [-0.2, -0.15) is 5.01 Å². The molecule has 2 aromatic rings. The molecule has 1 heterocycles. The Morgan fingerprint density at radius 1 is 1.12 bits per heavy atom. The van der Waals surface area contributed by atoms with Gasteiger partial charge in [0.15, 0.2) is 5.72 Å². The van der Waals surface area contributed by atoms with Gasteiger partial charge in [0.2, 0.25) is 0 Å². The van der Waals surface area contributed by atoms with E-state index in [1.807, 2.05) is 29.4 Å². The normalized spacial score (nSPS) is 28.3. The Hall–Kier alpha value is -2.61. The van der Waals surface area contributed by atoms with Crippen LogP contribution in [0.5, 0.6) is 11.5 Å². The molecule has 6 nitrogen and oxygen atoms in total. The third-order valence-corrected chi connectivity index (χ3v) is 7.97. The maximum Gasteiger partial charge on any atom is 0.166 e. The number of ether oxygens (including phenoxy) is 2. The second kappa shape index (κ2) is 8.01. The van der Waals surface area contributed by atoms with Gasteiger partial charge in [0.25, 0.3) is 0 Å². The van der Waals surface area contributed by atoms with Gasteiger partial charge in [-0.05, 0) is 61.8 Å². The standard InChI is InChI=1S/C26H30FN3O3/c1-31-22-11-8-19(25(14-22)32-2)16-29-26(15-17-6-9-20(26)10-7-17)33-28-30(29)21-12-18-4-3-5-24(27)23(18)13-21/h3-5,8,11,13-14,17,20,28H,6-7,9-10,12,15-16H2,1-2H3/t17?,20?,26-/m1/s1. The largest absolute Gasteiger partial charge is 0.497 e. The molecule has 7 rings (SSSR count). The van der Waals surface area contributed by atoms with Crippen molar-refractivity contribution in [2.45, 2.75) is 50.8 Å². The highest BCUT2D eigenvalue weighted by atomic mass is 19.1. The lowest BCUT2D eigenvalue weighted by Gasteiger charge is -2.51. The molecule has 4 aliphatic carbocycles. The number of hydrazine groups is 2. The molecule has 1 atom stereocenters. The predicted octanol–water partition coefficient (Wildman–Crippen LogP) is 4.82. The Kier molecular flexibility index (Phi) is 5.09. The molecule has 2 bridgehead atoms. The van der Waals surface area contributed by atoms with E-state index in [9.17, 15) is 4.39 Å². The van der Waals surface area contributed by atoms with Crippen molar-refractivity contribution in [3.05, 3.63) is 64.6 Å². The summed E-state index contributed by atoms with van der Waals surface area (Å²) in [7, 11) is 3.34. The van der Waals surface area contributed by atoms with Crippen LogP contribution < -0.4 is 15.1 Å². The van der Waals surface area contributed by atoms with Crippen LogP contribution in [-0.4, -0.2) is 30.1 Å². The summed E-state index contributed by atoms with van der Waals surface area (Å²) in [6.07, 6.45) is 8.48. The topological polar surface area (TPSA) is 46.2 Å². The van der Waals surface area contributed by atoms with E-state index in [1.54, 1.807) is 20.3 Å². The van der Waals surface area contributed by atoms with Crippen LogP contribution in [0.25, 0.3) is 6.08 Å². The minimum absolute atomic E-state index is 0.183. The van der Waals surface area contributed by atoms with Gasteiger partial charge in [-0.25, -0.2) is 9.51 Å². The lowest BCUT2D eigenvalue weighted by atomic mass is 9.65. The molecule has 33 heavy (non-hydrogen) atoms. The van der Waals surface area contributed by atoms with Gasteiger partial charge in [0.05, 0.1) is 26.5 Å². The van der Waals surface area contributed by atoms with Crippen LogP contribution in [0.15, 0.2) is 42.1 Å². The van der Waals surface area contributed by atoms with Crippen molar-refractivity contribution in [1.29, 1.82) is 0 Å². The Bertz CT molecular complexity index is 1100. The number of hydrogen-bond donors (Lipinski definition) is 1. The first-order chi connectivity index (χ1) is 16.1. The van der Waals surface area contributed by atoms with Crippen molar-refractivity contribution >= 4 is 6.08 Å². The lowest BCUT2D eigenvalue weighted by molar-refractivity contribution is -0.207. The molecule has 1 aliphatic heterocycles. The first-order valence-electron chi connectivity index (χ1n) is 11.8. The molecule has 5 aliphatic rings. The minimum Gasteiger partial charge on any atom is -0.497 e. The van der Waals surface area contributed by atoms with Gasteiger partial charge in [-0.1, -0.05) is 23.8 Å². The number of allylic oxidation sites excluding steroid dienone is 1. The molecule has 1 spiro atoms. The maximum atomic E-state index is 14.5. The Morgan fingerprint density at radius 3 is 2.67 bits per heavy atom. The van der Waals surface area contributed by atoms with E-state index >= 15 is 0 Å². The summed E-state index contributed by atoms with van der Waals surface area (Å²) in [5.41, 5.74) is 6.53. The smallest absolute Gasteiger partial charge is 0.166 e. The molecule has 0 amide bonds. The van der Waals surface area contributed by atoms with E-state index in [4.69, 9.17) is 14.3 Å². The monoisotopic (exact) mass is 451 g/mol. The van der Waals surface area contributed by atoms with Gasteiger partial charge in [0.1, 0.15) is 17.3 Å². The van der Waals surface area contributed by atoms with Crippen LogP contribution in [0.1, 0.15) is 48.8 Å². The van der Waals surface area contributed by atoms with E-state index < -0.39 is 5.72 Å². The second-order valence-corrected chi connectivity index (χ2v) is 9.63. The van der Waals surface area contributed by atoms with Gasteiger partial charge in [0, 0.05) is 29.5 Å². The first kappa shape index (κ1) is 21.0. The van der Waals surface area contributed by atoms with Crippen molar-refractivity contribution in [2.24, 2.45) is 11.8 Å². The van der Waals surface area contributed by atoms with E-state index in [-0.39, 0.29) is 5.82 Å². The summed E-state index contributed by atoms with van der Waals surface area (Å²) in [5, 5.41) is 4.34. The number of benzene rings is 2. The van der Waals surface area contributed by atoms with Gasteiger partial charge >= 0.3 is 0 Å². The molecule has 0 radical (unpaired) electrons. The highest BCUT2D eigenvalue weighted by molar-refractivity contribution is 5.63. The summed E-state index contributed by atoms with van der Waals surface area (Å²) >= 11 is 0. The Balaban J connectivity index is 1.38. The van der Waals surface area contributed by atoms with Crippen LogP contribution in [0, 0.1) is 17.7 Å². The van der Waals surface area contributed by atoms with Crippen LogP contribution in [0.2, 0.25) is 0 Å². The van der Waals surface area contributed by atoms with Crippen molar-refractivity contribution in [1.82, 2.24) is 15.7 Å². The molecule has 3 saturated carbocycles. The fourth-order valence-corrected chi connectivity index (χ4v) is 6.24. The average Bonchev–Trinajstić information content (AvgIpc) is 3.43. The summed E-state index contributed by atoms with van der Waals surface area (Å²) in [5.74, 6) is 2.48. The zero-order valence-corrected chi connectivity index (χ0v) is 19.1. The van der Waals surface area contributed by atoms with Crippen molar-refractivity contribution in [3.8, 4) is 11.5 Å². The first-order valence-corrected chi connectivity index (χ1v) is 11.8. The number of fused-ring (bicyclic) bond motifs is 3. The van der Waals surface area contributed by atoms with Crippen LogP contribution in [0.3, 0.4) is 0 Å². The molecule has 1 N–H and O–H groups in total. The molecular weight excluding hydrogens is 421 g/mol. The van der Waals surface area contributed by atoms with Gasteiger partial charge in [-0.3, -0.25) is 4.84 Å². The molecule has 4 fully saturated rings. The zero-order chi connectivity index (χ0) is 22.6. The molecule has 7 heteroatoms. The molecular formula is C26H30FN3O3. The Labute approximate surface area is 193 Å². The van der Waals surface area contributed by atoms with Gasteiger partial charge in [-0.15, -0.1) is 0 Å². The number of hydrogen-bond acceptors (Lipinski definition) is 6. The zero-order valence-electron chi connectivity index (χ0n) is 19.1. The highest BCUT2D eigenvalue weighted by Gasteiger charge is 2.58. The maximum absolute atomic E-state index is 14.5. The SMILES string of the molecule is COc1ccc(CN2N(C3=Cc4c(F)cccc4C3)NO[C@@]23CC2CCC3CC2)c(OC)c1. The van der Waals surface area contributed by atoms with Crippen molar-refractivity contribution < 1.29 is 18.7 Å². The van der Waals surface area contributed by atoms with Gasteiger partial charge < -0.3 is 9.47 Å². The quantitative estimate of drug-likeness (QED) is 0.704. The second-order valence-electron chi connectivity index (χ2n) is 9.63. The van der Waals surface area contributed by atoms with Crippen LogP contribution in [-0.2, 0) is 17.8 Å². The third-order valence-electron chi connectivity index (χ3n) is 7.97. The lowest BCUT2D eigenvalue weighted by Crippen LogP contribution is -2.59. The molecule has 0 aromatic heterocycles. The third kappa shape index (κ3) is 3.33. The summed E-state index contributed by atoms with van der Waals surface area (Å²) in [4.78, 5) is 6.47. The minimum atomic E-state index is -0.416. The molecule has 174 valence electrons. The summed E-state index contributed by atoms with van der Waals surface area (Å²) in [6, 6.07) is 11.2. The summed E-state index contributed by atoms with van der Waals surface area (Å²) in [6.45, 7) is 0.611. The van der Waals surface area contributed by atoms with E-state index in [0.29, 0.717) is 30.4 Å². The highest BCUT2D eigenvalue weighted by Crippen LogP contribution is 2.53. The predicted molar refractivity (Wildman–Crippen MR) is 122 cm³/mol. The van der Waals surface area contributed by atoms with Crippen molar-refractivity contribution in [3.63, 3.8) is 0 Å². The molecule has 2 aromatic carbocycles. The number of nitrogens with one attached hydrogen (secondary N) is 1. The number of halogens is 1. The molecule has 1 saturated heterocycles. The van der Waals surface area contributed by atoms with E-state index in [0.717, 1.165) is 34.7 Å². The van der Waals surface area contributed by atoms with E-state index in [1.165, 1.54) is 31.7 Å². The number of nitrogens with zero attached hydrogens (tertiary/aromatic N) is 2. The number of rotatable bonds is 5. The average molecular weight is 452 g/mol. The fourth-order valence-electron chi connectivity index (χ4n) is 6.24.